The van der Waals surface area contributed by atoms with E-state index in [1.54, 1.807) is 13.2 Å². The molecule has 1 aromatic carbocycles. The number of ether oxygens (including phenoxy) is 1. The number of rotatable bonds is 5. The Balaban J connectivity index is 1.80. The van der Waals surface area contributed by atoms with E-state index in [1.807, 2.05) is 12.1 Å². The Labute approximate surface area is 134 Å². The summed E-state index contributed by atoms with van der Waals surface area (Å²) < 4.78 is 6.15. The molecule has 1 amide bonds. The standard InChI is InChI=1S/C15H21IN2O2/c1-20-14-6-5-12(11-13(14)16)15(19)17-7-10-18-8-3-2-4-9-18/h5-6,11H,2-4,7-10H2,1H3,(H,17,19)/i16-4. The molecule has 1 aliphatic rings. The van der Waals surface area contributed by atoms with Gasteiger partial charge < -0.3 is 15.0 Å². The third-order valence-electron chi connectivity index (χ3n) is 3.58. The summed E-state index contributed by atoms with van der Waals surface area (Å²) in [5.41, 5.74) is 0.689. The third-order valence-corrected chi connectivity index (χ3v) is 4.42. The van der Waals surface area contributed by atoms with Gasteiger partial charge in [-0.25, -0.2) is 0 Å². The molecule has 0 spiro atoms. The van der Waals surface area contributed by atoms with Crippen molar-refractivity contribution in [1.82, 2.24) is 10.2 Å². The molecular weight excluding hydrogens is 363 g/mol. The zero-order valence-electron chi connectivity index (χ0n) is 11.8. The van der Waals surface area contributed by atoms with E-state index in [4.69, 9.17) is 4.74 Å². The zero-order valence-corrected chi connectivity index (χ0v) is 14.0. The van der Waals surface area contributed by atoms with Gasteiger partial charge in [0, 0.05) is 18.7 Å². The van der Waals surface area contributed by atoms with Crippen LogP contribution in [-0.2, 0) is 0 Å². The van der Waals surface area contributed by atoms with Gasteiger partial charge >= 0.3 is 0 Å². The number of nitrogens with zero attached hydrogens (tertiary/aromatic N) is 1. The number of halogens is 1. The van der Waals surface area contributed by atoms with Gasteiger partial charge in [-0.3, -0.25) is 4.79 Å². The molecule has 1 aliphatic heterocycles. The summed E-state index contributed by atoms with van der Waals surface area (Å²) >= 11 is 2.18. The lowest BCUT2D eigenvalue weighted by Crippen LogP contribution is -2.37. The van der Waals surface area contributed by atoms with E-state index >= 15 is 0 Å². The Morgan fingerprint density at radius 2 is 2.10 bits per heavy atom. The summed E-state index contributed by atoms with van der Waals surface area (Å²) in [6, 6.07) is 5.49. The number of hydrogen-bond acceptors (Lipinski definition) is 3. The van der Waals surface area contributed by atoms with Crippen molar-refractivity contribution in [2.75, 3.05) is 33.3 Å². The van der Waals surface area contributed by atoms with Crippen LogP contribution < -0.4 is 10.1 Å². The molecular formula is C15H21IN2O2. The monoisotopic (exact) mass is 384 g/mol. The molecule has 0 atom stereocenters. The molecule has 4 nitrogen and oxygen atoms in total. The van der Waals surface area contributed by atoms with Gasteiger partial charge in [0.1, 0.15) is 5.75 Å². The number of likely N-dealkylation sites (tertiary alicyclic amines) is 1. The van der Waals surface area contributed by atoms with E-state index in [2.05, 4.69) is 32.8 Å². The van der Waals surface area contributed by atoms with Crippen molar-refractivity contribution >= 4 is 28.5 Å². The van der Waals surface area contributed by atoms with Gasteiger partial charge in [-0.1, -0.05) is 6.42 Å². The molecule has 1 heterocycles. The first-order valence-electron chi connectivity index (χ1n) is 7.05. The second kappa shape index (κ2) is 7.83. The molecule has 110 valence electrons. The fourth-order valence-electron chi connectivity index (χ4n) is 2.42. The van der Waals surface area contributed by atoms with Gasteiger partial charge in [0.25, 0.3) is 5.91 Å². The minimum Gasteiger partial charge on any atom is -0.496 e. The number of benzene rings is 1. The largest absolute Gasteiger partial charge is 0.496 e. The second-order valence-electron chi connectivity index (χ2n) is 5.01. The van der Waals surface area contributed by atoms with Crippen molar-refractivity contribution in [1.29, 1.82) is 0 Å². The maximum Gasteiger partial charge on any atom is 0.251 e. The number of carbonyl (C=O) groups excluding carboxylic acids is 1. The predicted octanol–water partition coefficient (Wildman–Crippen LogP) is 2.52. The van der Waals surface area contributed by atoms with E-state index in [0.717, 1.165) is 29.0 Å². The van der Waals surface area contributed by atoms with E-state index < -0.39 is 0 Å². The van der Waals surface area contributed by atoms with Crippen LogP contribution >= 0.6 is 22.6 Å². The van der Waals surface area contributed by atoms with Gasteiger partial charge in [-0.2, -0.15) is 0 Å². The number of amides is 1. The molecule has 0 radical (unpaired) electrons. The highest BCUT2D eigenvalue weighted by Gasteiger charge is 2.11. The highest BCUT2D eigenvalue weighted by atomic mass is 123. The van der Waals surface area contributed by atoms with Gasteiger partial charge in [-0.05, 0) is 66.7 Å². The maximum absolute atomic E-state index is 12.1. The number of hydrogen-bond donors (Lipinski definition) is 1. The van der Waals surface area contributed by atoms with E-state index in [-0.39, 0.29) is 5.91 Å². The molecule has 0 aromatic heterocycles. The van der Waals surface area contributed by atoms with Crippen molar-refractivity contribution < 1.29 is 9.53 Å². The van der Waals surface area contributed by atoms with Crippen LogP contribution in [0.1, 0.15) is 29.6 Å². The zero-order chi connectivity index (χ0) is 14.4. The quantitative estimate of drug-likeness (QED) is 0.794. The van der Waals surface area contributed by atoms with E-state index in [1.165, 1.54) is 19.3 Å². The first-order chi connectivity index (χ1) is 9.70. The molecule has 1 N–H and O–H groups in total. The van der Waals surface area contributed by atoms with Gasteiger partial charge in [-0.15, -0.1) is 0 Å². The lowest BCUT2D eigenvalue weighted by atomic mass is 10.1. The number of nitrogens with one attached hydrogen (secondary N) is 1. The minimum atomic E-state index is -0.0115. The van der Waals surface area contributed by atoms with Crippen LogP contribution in [0, 0.1) is 3.57 Å². The predicted molar refractivity (Wildman–Crippen MR) is 88.3 cm³/mol. The van der Waals surface area contributed by atoms with Crippen LogP contribution in [-0.4, -0.2) is 44.1 Å². The average molecular weight is 384 g/mol. The van der Waals surface area contributed by atoms with Crippen LogP contribution in [0.15, 0.2) is 18.2 Å². The molecule has 0 aliphatic carbocycles. The van der Waals surface area contributed by atoms with Crippen molar-refractivity contribution in [2.45, 2.75) is 19.3 Å². The lowest BCUT2D eigenvalue weighted by molar-refractivity contribution is 0.0946. The molecule has 1 saturated heterocycles. The molecule has 0 saturated carbocycles. The summed E-state index contributed by atoms with van der Waals surface area (Å²) in [5.74, 6) is 0.790. The van der Waals surface area contributed by atoms with E-state index in [9.17, 15) is 4.79 Å². The van der Waals surface area contributed by atoms with Crippen molar-refractivity contribution in [3.63, 3.8) is 0 Å². The third kappa shape index (κ3) is 4.34. The van der Waals surface area contributed by atoms with Crippen LogP contribution in [0.25, 0.3) is 0 Å². The summed E-state index contributed by atoms with van der Waals surface area (Å²) in [7, 11) is 1.63. The van der Waals surface area contributed by atoms with Crippen molar-refractivity contribution in [3.8, 4) is 5.75 Å². The fraction of sp³-hybridized carbons (Fsp3) is 0.533. The molecule has 2 rings (SSSR count). The maximum atomic E-state index is 12.1. The Kier molecular flexibility index (Phi) is 6.09. The lowest BCUT2D eigenvalue weighted by Gasteiger charge is -2.26. The summed E-state index contributed by atoms with van der Waals surface area (Å²) in [6.45, 7) is 3.98. The normalized spacial score (nSPS) is 15.9. The van der Waals surface area contributed by atoms with Crippen LogP contribution in [0.5, 0.6) is 5.75 Å². The Hall–Kier alpha value is -0.820. The Morgan fingerprint density at radius 1 is 1.35 bits per heavy atom. The number of methoxy groups -OCH3 is 1. The SMILES string of the molecule is COc1ccc(C(=O)NCCN2CCCCC2)cc1[123I]. The minimum absolute atomic E-state index is 0.0115. The Bertz CT molecular complexity index is 459. The Morgan fingerprint density at radius 3 is 2.75 bits per heavy atom. The van der Waals surface area contributed by atoms with Crippen LogP contribution in [0.3, 0.4) is 0 Å². The van der Waals surface area contributed by atoms with Gasteiger partial charge in [0.15, 0.2) is 0 Å². The van der Waals surface area contributed by atoms with Crippen molar-refractivity contribution in [2.24, 2.45) is 0 Å². The van der Waals surface area contributed by atoms with Crippen LogP contribution in [0.2, 0.25) is 0 Å². The smallest absolute Gasteiger partial charge is 0.251 e. The van der Waals surface area contributed by atoms with Gasteiger partial charge in [0.05, 0.1) is 10.7 Å². The van der Waals surface area contributed by atoms with Crippen LogP contribution in [0.4, 0.5) is 0 Å². The summed E-state index contributed by atoms with van der Waals surface area (Å²) in [6.07, 6.45) is 3.91. The molecule has 0 bridgehead atoms. The topological polar surface area (TPSA) is 41.6 Å². The van der Waals surface area contributed by atoms with E-state index in [0.29, 0.717) is 12.1 Å². The average Bonchev–Trinajstić information content (AvgIpc) is 2.48. The molecule has 0 unspecified atom stereocenters. The first-order valence-corrected chi connectivity index (χ1v) is 8.12. The van der Waals surface area contributed by atoms with Gasteiger partial charge in [0.2, 0.25) is 0 Å². The second-order valence-corrected chi connectivity index (χ2v) is 6.17. The molecule has 1 aromatic rings. The highest BCUT2D eigenvalue weighted by molar-refractivity contribution is 14.1. The molecule has 5 heteroatoms. The fourth-order valence-corrected chi connectivity index (χ4v) is 3.16. The molecule has 1 fully saturated rings. The molecule has 20 heavy (non-hydrogen) atoms. The highest BCUT2D eigenvalue weighted by Crippen LogP contribution is 2.21. The summed E-state index contributed by atoms with van der Waals surface area (Å²) in [4.78, 5) is 14.5. The summed E-state index contributed by atoms with van der Waals surface area (Å²) in [5, 5.41) is 2.99. The van der Waals surface area contributed by atoms with Crippen molar-refractivity contribution in [3.05, 3.63) is 27.3 Å². The number of piperidine rings is 1. The first kappa shape index (κ1) is 15.6. The number of carbonyl (C=O) groups is 1.